The normalized spacial score (nSPS) is 13.1. The van der Waals surface area contributed by atoms with E-state index in [1.54, 1.807) is 0 Å². The number of nitrogens with zero attached hydrogens (tertiary/aromatic N) is 4. The molecule has 0 unspecified atom stereocenters. The molecule has 10 nitrogen and oxygen atoms in total. The van der Waals surface area contributed by atoms with Crippen LogP contribution in [0, 0.1) is 6.92 Å². The lowest BCUT2D eigenvalue weighted by Gasteiger charge is -2.36. The summed E-state index contributed by atoms with van der Waals surface area (Å²) in [5, 5.41) is 14.2. The van der Waals surface area contributed by atoms with Gasteiger partial charge in [-0.05, 0) is 73.7 Å². The molecule has 0 saturated carbocycles. The van der Waals surface area contributed by atoms with E-state index in [2.05, 4.69) is 77.9 Å². The summed E-state index contributed by atoms with van der Waals surface area (Å²) in [7, 11) is 1.45. The Morgan fingerprint density at radius 2 is 1.58 bits per heavy atom. The highest BCUT2D eigenvalue weighted by molar-refractivity contribution is 6.74. The summed E-state index contributed by atoms with van der Waals surface area (Å²) in [5.74, 6) is -0.384. The number of aromatic amines is 1. The van der Waals surface area contributed by atoms with Gasteiger partial charge in [0.2, 0.25) is 0 Å². The Morgan fingerprint density at radius 3 is 2.20 bits per heavy atom. The van der Waals surface area contributed by atoms with Crippen molar-refractivity contribution < 1.29 is 23.1 Å². The second kappa shape index (κ2) is 15.1. The van der Waals surface area contributed by atoms with Crippen LogP contribution in [0.1, 0.15) is 86.8 Å². The van der Waals surface area contributed by atoms with Gasteiger partial charge in [-0.2, -0.15) is 10.2 Å². The van der Waals surface area contributed by atoms with Crippen molar-refractivity contribution in [2.45, 2.75) is 117 Å². The summed E-state index contributed by atoms with van der Waals surface area (Å²) in [4.78, 5) is 13.3. The number of fused-ring (bicyclic) bond motifs is 1. The molecule has 1 N–H and O–H groups in total. The molecule has 276 valence electrons. The Bertz CT molecular complexity index is 1830. The van der Waals surface area contributed by atoms with E-state index >= 15 is 0 Å². The Kier molecular flexibility index (Phi) is 12.1. The fourth-order valence-electron chi connectivity index (χ4n) is 5.63. The number of nitrogens with one attached hydrogen (secondary N) is 1. The minimum absolute atomic E-state index is 0.124. The van der Waals surface area contributed by atoms with Crippen molar-refractivity contribution in [3.63, 3.8) is 0 Å². The van der Waals surface area contributed by atoms with E-state index in [0.29, 0.717) is 37.0 Å². The third-order valence-corrected chi connectivity index (χ3v) is 20.2. The quantitative estimate of drug-likeness (QED) is 0.0780. The Hall–Kier alpha value is -2.75. The Balaban J connectivity index is 1.62. The zero-order chi connectivity index (χ0) is 37.4. The van der Waals surface area contributed by atoms with Gasteiger partial charge in [-0.15, -0.1) is 0 Å². The van der Waals surface area contributed by atoms with Crippen LogP contribution in [0.2, 0.25) is 41.3 Å². The number of halogens is 1. The molecule has 0 radical (unpaired) electrons. The SMILES string of the molecule is COC(=O)c1c(CCCO[Si](C)(C)C(C)(C)C)c2ccc(Cl)c(-c3c(COCc4cc(CO[Si](C)(C)C(C)(C)C)[nH]n4)nn(C)c3C)c2n1C. The van der Waals surface area contributed by atoms with E-state index < -0.39 is 16.6 Å². The fraction of sp³-hybridized carbons (Fsp3) is 0.595. The molecule has 0 bridgehead atoms. The van der Waals surface area contributed by atoms with Gasteiger partial charge >= 0.3 is 5.97 Å². The molecule has 0 atom stereocenters. The highest BCUT2D eigenvalue weighted by atomic mass is 35.5. The lowest BCUT2D eigenvalue weighted by Crippen LogP contribution is -2.41. The summed E-state index contributed by atoms with van der Waals surface area (Å²) < 4.78 is 28.1. The number of benzene rings is 1. The van der Waals surface area contributed by atoms with Crippen LogP contribution in [0.15, 0.2) is 18.2 Å². The van der Waals surface area contributed by atoms with E-state index in [-0.39, 0.29) is 22.7 Å². The number of esters is 1. The topological polar surface area (TPSA) is 105 Å². The monoisotopic (exact) mass is 743 g/mol. The highest BCUT2D eigenvalue weighted by Gasteiger charge is 2.38. The van der Waals surface area contributed by atoms with Crippen LogP contribution < -0.4 is 0 Å². The molecule has 3 aromatic heterocycles. The number of hydrogen-bond acceptors (Lipinski definition) is 7. The van der Waals surface area contributed by atoms with Gasteiger partial charge < -0.3 is 22.9 Å². The van der Waals surface area contributed by atoms with Crippen molar-refractivity contribution in [1.29, 1.82) is 0 Å². The minimum Gasteiger partial charge on any atom is -0.464 e. The molecule has 0 amide bonds. The van der Waals surface area contributed by atoms with Gasteiger partial charge in [-0.3, -0.25) is 9.78 Å². The highest BCUT2D eigenvalue weighted by Crippen LogP contribution is 2.43. The molecule has 0 aliphatic heterocycles. The smallest absolute Gasteiger partial charge is 0.354 e. The van der Waals surface area contributed by atoms with Crippen molar-refractivity contribution in [2.24, 2.45) is 14.1 Å². The van der Waals surface area contributed by atoms with Crippen LogP contribution in [0.3, 0.4) is 0 Å². The van der Waals surface area contributed by atoms with E-state index in [0.717, 1.165) is 56.8 Å². The van der Waals surface area contributed by atoms with E-state index in [1.807, 2.05) is 48.5 Å². The molecule has 0 saturated heterocycles. The fourth-order valence-corrected chi connectivity index (χ4v) is 7.91. The molecule has 13 heteroatoms. The van der Waals surface area contributed by atoms with Crippen LogP contribution in [-0.4, -0.2) is 60.9 Å². The average molecular weight is 745 g/mol. The second-order valence-electron chi connectivity index (χ2n) is 16.4. The molecule has 0 spiro atoms. The average Bonchev–Trinajstić information content (AvgIpc) is 3.67. The first-order chi connectivity index (χ1) is 23.1. The Morgan fingerprint density at radius 1 is 0.940 bits per heavy atom. The third kappa shape index (κ3) is 8.31. The maximum absolute atomic E-state index is 13.3. The first-order valence-corrected chi connectivity index (χ1v) is 23.6. The van der Waals surface area contributed by atoms with Crippen LogP contribution >= 0.6 is 11.6 Å². The molecular formula is C37H58ClN5O5Si2. The van der Waals surface area contributed by atoms with Crippen molar-refractivity contribution in [1.82, 2.24) is 24.5 Å². The molecule has 3 heterocycles. The number of ether oxygens (including phenoxy) is 2. The second-order valence-corrected chi connectivity index (χ2v) is 26.4. The van der Waals surface area contributed by atoms with Crippen molar-refractivity contribution in [2.75, 3.05) is 13.7 Å². The third-order valence-electron chi connectivity index (χ3n) is 10.9. The minimum atomic E-state index is -1.90. The standard InChI is InChI=1S/C37H58ClN5O5Si2/c1-24-31(30(41-43(24)9)23-46-21-25-20-26(40-39-25)22-48-50(13,14)37(5,6)7)32-29(38)18-17-28-27(34(35(44)45-10)42(8)33(28)32)16-15-19-47-49(11,12)36(2,3)4/h17-18,20H,15-16,19,21-23H2,1-14H3,(H,39,40). The summed E-state index contributed by atoms with van der Waals surface area (Å²) in [5.41, 5.74) is 7.41. The van der Waals surface area contributed by atoms with Gasteiger partial charge in [0.25, 0.3) is 0 Å². The van der Waals surface area contributed by atoms with Gasteiger partial charge in [0.15, 0.2) is 16.6 Å². The number of H-pyrrole nitrogens is 1. The lowest BCUT2D eigenvalue weighted by atomic mass is 9.98. The van der Waals surface area contributed by atoms with Gasteiger partial charge in [0.1, 0.15) is 5.69 Å². The number of rotatable bonds is 14. The first-order valence-electron chi connectivity index (χ1n) is 17.4. The summed E-state index contributed by atoms with van der Waals surface area (Å²) in [6.07, 6.45) is 1.43. The van der Waals surface area contributed by atoms with E-state index in [9.17, 15) is 4.79 Å². The molecule has 0 fully saturated rings. The number of methoxy groups -OCH3 is 1. The van der Waals surface area contributed by atoms with Gasteiger partial charge in [0.05, 0.1) is 54.6 Å². The molecule has 0 aliphatic carbocycles. The summed E-state index contributed by atoms with van der Waals surface area (Å²) in [6.45, 7) is 26.1. The van der Waals surface area contributed by atoms with Crippen molar-refractivity contribution in [3.8, 4) is 11.1 Å². The number of aromatic nitrogens is 5. The zero-order valence-electron chi connectivity index (χ0n) is 32.7. The van der Waals surface area contributed by atoms with Crippen LogP contribution in [0.5, 0.6) is 0 Å². The Labute approximate surface area is 305 Å². The number of hydrogen-bond donors (Lipinski definition) is 1. The number of carbonyl (C=O) groups excluding carboxylic acids is 1. The molecule has 0 aliphatic rings. The van der Waals surface area contributed by atoms with Crippen LogP contribution in [0.4, 0.5) is 0 Å². The van der Waals surface area contributed by atoms with Crippen LogP contribution in [0.25, 0.3) is 22.0 Å². The van der Waals surface area contributed by atoms with Crippen molar-refractivity contribution in [3.05, 3.63) is 57.3 Å². The van der Waals surface area contributed by atoms with Crippen LogP contribution in [-0.2, 0) is 58.7 Å². The summed E-state index contributed by atoms with van der Waals surface area (Å²) in [6, 6.07) is 5.90. The maximum atomic E-state index is 13.3. The van der Waals surface area contributed by atoms with Gasteiger partial charge in [0, 0.05) is 42.9 Å². The predicted molar refractivity (Wildman–Crippen MR) is 207 cm³/mol. The maximum Gasteiger partial charge on any atom is 0.354 e. The van der Waals surface area contributed by atoms with Crippen molar-refractivity contribution >= 4 is 45.1 Å². The molecule has 1 aromatic carbocycles. The zero-order valence-corrected chi connectivity index (χ0v) is 35.4. The number of carbonyl (C=O) groups is 1. The van der Waals surface area contributed by atoms with Gasteiger partial charge in [-0.1, -0.05) is 59.2 Å². The number of aryl methyl sites for hydroxylation is 3. The van der Waals surface area contributed by atoms with E-state index in [1.165, 1.54) is 7.11 Å². The largest absolute Gasteiger partial charge is 0.464 e. The van der Waals surface area contributed by atoms with Gasteiger partial charge in [-0.25, -0.2) is 4.79 Å². The first kappa shape index (κ1) is 40.0. The predicted octanol–water partition coefficient (Wildman–Crippen LogP) is 9.24. The lowest BCUT2D eigenvalue weighted by molar-refractivity contribution is 0.0589. The molecular weight excluding hydrogens is 686 g/mol. The summed E-state index contributed by atoms with van der Waals surface area (Å²) >= 11 is 7.03. The molecule has 4 aromatic rings. The van der Waals surface area contributed by atoms with E-state index in [4.69, 9.17) is 35.0 Å². The molecule has 4 rings (SSSR count). The molecule has 50 heavy (non-hydrogen) atoms.